The van der Waals surface area contributed by atoms with E-state index in [-0.39, 0.29) is 62.2 Å². The summed E-state index contributed by atoms with van der Waals surface area (Å²) in [5.74, 6) is -1.00. The number of hydrogen-bond acceptors (Lipinski definition) is 7. The number of fused-ring (bicyclic) bond motifs is 1. The van der Waals surface area contributed by atoms with Crippen molar-refractivity contribution >= 4 is 67.1 Å². The summed E-state index contributed by atoms with van der Waals surface area (Å²) in [4.78, 5) is 12.4. The van der Waals surface area contributed by atoms with Gasteiger partial charge in [0.1, 0.15) is 16.3 Å². The van der Waals surface area contributed by atoms with Crippen molar-refractivity contribution in [2.24, 2.45) is 10.2 Å². The zero-order valence-corrected chi connectivity index (χ0v) is 24.6. The molecule has 4 rings (SSSR count). The van der Waals surface area contributed by atoms with Crippen LogP contribution < -0.4 is 44.7 Å². The molecular weight excluding hydrogens is 564 g/mol. The van der Waals surface area contributed by atoms with E-state index in [4.69, 9.17) is 27.9 Å². The van der Waals surface area contributed by atoms with Gasteiger partial charge in [-0.05, 0) is 48.2 Å². The molecule has 13 heteroatoms. The molecule has 0 fully saturated rings. The molecule has 0 aromatic heterocycles. The van der Waals surface area contributed by atoms with Crippen molar-refractivity contribution in [2.45, 2.75) is 11.8 Å². The van der Waals surface area contributed by atoms with Crippen LogP contribution in [0.15, 0.2) is 75.8 Å². The largest absolute Gasteiger partial charge is 1.00 e. The first-order valence-electron chi connectivity index (χ1n) is 10.6. The molecule has 2 N–H and O–H groups in total. The Morgan fingerprint density at radius 3 is 2.39 bits per heavy atom. The van der Waals surface area contributed by atoms with Crippen molar-refractivity contribution in [3.8, 4) is 11.5 Å². The second kappa shape index (κ2) is 12.0. The maximum Gasteiger partial charge on any atom is 1.00 e. The van der Waals surface area contributed by atoms with Crippen LogP contribution in [0.1, 0.15) is 15.9 Å². The summed E-state index contributed by atoms with van der Waals surface area (Å²) in [7, 11) is -3.28. The number of nitrogens with zero attached hydrogens (tertiary/aromatic N) is 2. The van der Waals surface area contributed by atoms with Crippen LogP contribution in [0.25, 0.3) is 10.8 Å². The Labute approximate surface area is 250 Å². The molecule has 4 aromatic carbocycles. The number of amides is 1. The third-order valence-electron chi connectivity index (χ3n) is 5.33. The van der Waals surface area contributed by atoms with Crippen molar-refractivity contribution in [3.63, 3.8) is 0 Å². The Bertz CT molecular complexity index is 1700. The number of benzene rings is 4. The van der Waals surface area contributed by atoms with Gasteiger partial charge in [-0.1, -0.05) is 53.2 Å². The number of carbonyl (C=O) groups excluding carboxylic acids is 1. The van der Waals surface area contributed by atoms with Gasteiger partial charge >= 0.3 is 29.6 Å². The minimum atomic E-state index is -4.75. The predicted octanol–water partition coefficient (Wildman–Crippen LogP) is 3.46. The fourth-order valence-electron chi connectivity index (χ4n) is 3.64. The smallest absolute Gasteiger partial charge is 0.870 e. The minimum absolute atomic E-state index is 0. The molecule has 0 saturated carbocycles. The average molecular weight is 582 g/mol. The van der Waals surface area contributed by atoms with Gasteiger partial charge in [0.25, 0.3) is 16.0 Å². The zero-order valence-electron chi connectivity index (χ0n) is 20.3. The number of aryl methyl sites for hydroxylation is 1. The van der Waals surface area contributed by atoms with Crippen LogP contribution >= 0.6 is 23.2 Å². The molecule has 0 aliphatic carbocycles. The summed E-state index contributed by atoms with van der Waals surface area (Å²) < 4.78 is 38.5. The van der Waals surface area contributed by atoms with Crippen molar-refractivity contribution in [1.82, 2.24) is 0 Å². The number of azo groups is 1. The Balaban J connectivity index is 0.00000400. The average Bonchev–Trinajstić information content (AvgIpc) is 2.83. The fourth-order valence-corrected chi connectivity index (χ4v) is 5.08. The second-order valence-electron chi connectivity index (χ2n) is 7.89. The Kier molecular flexibility index (Phi) is 9.43. The van der Waals surface area contributed by atoms with Crippen LogP contribution in [0, 0.1) is 6.92 Å². The van der Waals surface area contributed by atoms with Gasteiger partial charge in [-0.2, -0.15) is 13.5 Å². The van der Waals surface area contributed by atoms with Crippen LogP contribution in [-0.2, 0) is 10.1 Å². The first kappa shape index (κ1) is 29.9. The summed E-state index contributed by atoms with van der Waals surface area (Å²) in [6.07, 6.45) is 0. The standard InChI is InChI=1S/C25H19Cl2N3O6S.Na/c1-13-9-19(27)24(37(33,34)35)21(10-13)29-30-22-16-6-4-3-5-14(16)11-17(23(22)31)25(32)28-20-8-7-15(36-2)12-18(20)26;/h3-12,31H,1-2H3,(H,28,32)(H,33,34,35);/q;+1/p-1. The van der Waals surface area contributed by atoms with E-state index in [2.05, 4.69) is 15.5 Å². The topological polar surface area (TPSA) is 140 Å². The first-order valence-corrected chi connectivity index (χ1v) is 12.8. The molecule has 1 amide bonds. The fraction of sp³-hybridized carbons (Fsp3) is 0.0800. The number of hydrogen-bond donors (Lipinski definition) is 2. The number of halogens is 2. The molecule has 38 heavy (non-hydrogen) atoms. The SMILES string of the molecule is COc1ccc(NC(=O)c2cc3ccccc3c(N=Nc3cc(C)cc(Cl)c3S(=O)(=O)O)c2[O-])c(Cl)c1.[Na+]. The Morgan fingerprint density at radius 2 is 1.74 bits per heavy atom. The molecule has 0 atom stereocenters. The molecule has 0 spiro atoms. The van der Waals surface area contributed by atoms with Crippen molar-refractivity contribution in [2.75, 3.05) is 12.4 Å². The van der Waals surface area contributed by atoms with Gasteiger partial charge < -0.3 is 15.2 Å². The summed E-state index contributed by atoms with van der Waals surface area (Å²) in [6.45, 7) is 1.64. The normalized spacial score (nSPS) is 11.4. The van der Waals surface area contributed by atoms with Gasteiger partial charge in [0.05, 0.1) is 28.5 Å². The van der Waals surface area contributed by atoms with E-state index in [1.54, 1.807) is 37.3 Å². The monoisotopic (exact) mass is 581 g/mol. The molecule has 0 heterocycles. The number of rotatable bonds is 6. The maximum atomic E-state index is 13.4. The molecule has 9 nitrogen and oxygen atoms in total. The summed E-state index contributed by atoms with van der Waals surface area (Å²) >= 11 is 12.2. The number of nitrogens with one attached hydrogen (secondary N) is 1. The summed E-state index contributed by atoms with van der Waals surface area (Å²) in [5.41, 5.74) is 0.0918. The summed E-state index contributed by atoms with van der Waals surface area (Å²) in [5, 5.41) is 24.7. The van der Waals surface area contributed by atoms with Gasteiger partial charge in [-0.3, -0.25) is 9.35 Å². The van der Waals surface area contributed by atoms with Crippen LogP contribution in [0.4, 0.5) is 17.1 Å². The number of methoxy groups -OCH3 is 1. The second-order valence-corrected chi connectivity index (χ2v) is 10.1. The Morgan fingerprint density at radius 1 is 1.03 bits per heavy atom. The predicted molar refractivity (Wildman–Crippen MR) is 140 cm³/mol. The van der Waals surface area contributed by atoms with E-state index < -0.39 is 26.7 Å². The van der Waals surface area contributed by atoms with Gasteiger partial charge in [0, 0.05) is 17.0 Å². The summed E-state index contributed by atoms with van der Waals surface area (Å²) in [6, 6.07) is 15.4. The number of ether oxygens (including phenoxy) is 1. The molecule has 0 radical (unpaired) electrons. The van der Waals surface area contributed by atoms with Crippen molar-refractivity contribution in [3.05, 3.63) is 81.8 Å². The molecule has 0 bridgehead atoms. The molecule has 0 saturated heterocycles. The van der Waals surface area contributed by atoms with Crippen molar-refractivity contribution < 1.29 is 57.2 Å². The Hall–Kier alpha value is -2.70. The quantitative estimate of drug-likeness (QED) is 0.203. The van der Waals surface area contributed by atoms with E-state index in [1.807, 2.05) is 0 Å². The van der Waals surface area contributed by atoms with E-state index in [0.29, 0.717) is 22.1 Å². The van der Waals surface area contributed by atoms with Gasteiger partial charge in [0.15, 0.2) is 0 Å². The van der Waals surface area contributed by atoms with Crippen LogP contribution in [0.3, 0.4) is 0 Å². The first-order chi connectivity index (χ1) is 17.5. The van der Waals surface area contributed by atoms with Crippen LogP contribution in [0.5, 0.6) is 11.5 Å². The minimum Gasteiger partial charge on any atom is -0.870 e. The van der Waals surface area contributed by atoms with Gasteiger partial charge in [0.2, 0.25) is 0 Å². The third kappa shape index (κ3) is 6.29. The molecule has 0 unspecified atom stereocenters. The van der Waals surface area contributed by atoms with E-state index in [0.717, 1.165) is 0 Å². The van der Waals surface area contributed by atoms with Gasteiger partial charge in [-0.15, -0.1) is 5.11 Å². The maximum absolute atomic E-state index is 13.4. The number of carbonyl (C=O) groups is 1. The van der Waals surface area contributed by atoms with E-state index in [9.17, 15) is 22.9 Å². The van der Waals surface area contributed by atoms with Crippen molar-refractivity contribution in [1.29, 1.82) is 0 Å². The van der Waals surface area contributed by atoms with Crippen LogP contribution in [0.2, 0.25) is 10.0 Å². The zero-order chi connectivity index (χ0) is 26.9. The molecule has 190 valence electrons. The molecular formula is C25H18Cl2N3NaO6S. The van der Waals surface area contributed by atoms with Crippen LogP contribution in [-0.4, -0.2) is 26.0 Å². The number of anilines is 1. The molecule has 0 aliphatic heterocycles. The third-order valence-corrected chi connectivity index (χ3v) is 7.00. The van der Waals surface area contributed by atoms with E-state index in [1.165, 1.54) is 37.4 Å². The van der Waals surface area contributed by atoms with E-state index >= 15 is 0 Å². The van der Waals surface area contributed by atoms with Gasteiger partial charge in [-0.25, -0.2) is 0 Å². The molecule has 0 aliphatic rings. The molecule has 4 aromatic rings.